The Bertz CT molecular complexity index is 814. The summed E-state index contributed by atoms with van der Waals surface area (Å²) in [4.78, 5) is 28.6. The lowest BCUT2D eigenvalue weighted by Gasteiger charge is -2.36. The lowest BCUT2D eigenvalue weighted by atomic mass is 10.1. The largest absolute Gasteiger partial charge is 0.450 e. The van der Waals surface area contributed by atoms with E-state index in [9.17, 15) is 9.59 Å². The van der Waals surface area contributed by atoms with Gasteiger partial charge in [-0.2, -0.15) is 0 Å². The fourth-order valence-corrected chi connectivity index (χ4v) is 3.27. The molecule has 1 N–H and O–H groups in total. The first-order valence-electron chi connectivity index (χ1n) is 9.22. The number of amides is 2. The van der Waals surface area contributed by atoms with Crippen LogP contribution in [0.2, 0.25) is 0 Å². The number of nitrogens with one attached hydrogen (secondary N) is 1. The molecular formula is C21H25N3O3. The number of nitrogens with zero attached hydrogens (tertiary/aromatic N) is 2. The van der Waals surface area contributed by atoms with E-state index >= 15 is 0 Å². The number of anilines is 2. The first kappa shape index (κ1) is 18.8. The molecule has 1 aliphatic rings. The number of benzene rings is 2. The quantitative estimate of drug-likeness (QED) is 0.898. The summed E-state index contributed by atoms with van der Waals surface area (Å²) >= 11 is 0. The van der Waals surface area contributed by atoms with Crippen LogP contribution < -0.4 is 10.2 Å². The average Bonchev–Trinajstić information content (AvgIpc) is 2.68. The maximum Gasteiger partial charge on any atom is 0.411 e. The monoisotopic (exact) mass is 367 g/mol. The molecule has 0 aromatic heterocycles. The summed E-state index contributed by atoms with van der Waals surface area (Å²) in [6, 6.07) is 15.3. The van der Waals surface area contributed by atoms with Crippen LogP contribution in [0.3, 0.4) is 0 Å². The molecule has 0 aliphatic carbocycles. The Hall–Kier alpha value is -3.02. The van der Waals surface area contributed by atoms with E-state index in [1.165, 1.54) is 11.3 Å². The van der Waals surface area contributed by atoms with Crippen molar-refractivity contribution < 1.29 is 14.3 Å². The van der Waals surface area contributed by atoms with Gasteiger partial charge in [-0.25, -0.2) is 4.79 Å². The van der Waals surface area contributed by atoms with Gasteiger partial charge in [0.1, 0.15) is 0 Å². The van der Waals surface area contributed by atoms with Gasteiger partial charge in [-0.05, 0) is 43.7 Å². The molecule has 2 aromatic carbocycles. The van der Waals surface area contributed by atoms with Crippen molar-refractivity contribution >= 4 is 23.4 Å². The van der Waals surface area contributed by atoms with Gasteiger partial charge in [-0.3, -0.25) is 10.1 Å². The van der Waals surface area contributed by atoms with Gasteiger partial charge in [0.25, 0.3) is 5.91 Å². The molecule has 1 saturated heterocycles. The Morgan fingerprint density at radius 2 is 1.78 bits per heavy atom. The van der Waals surface area contributed by atoms with Crippen molar-refractivity contribution in [3.05, 3.63) is 59.7 Å². The van der Waals surface area contributed by atoms with Crippen molar-refractivity contribution in [3.8, 4) is 0 Å². The third-order valence-electron chi connectivity index (χ3n) is 4.65. The van der Waals surface area contributed by atoms with Crippen molar-refractivity contribution in [1.82, 2.24) is 4.90 Å². The number of carbonyl (C=O) groups excluding carboxylic acids is 2. The number of ether oxygens (including phenoxy) is 1. The highest BCUT2D eigenvalue weighted by Gasteiger charge is 2.23. The molecule has 6 nitrogen and oxygen atoms in total. The van der Waals surface area contributed by atoms with Crippen LogP contribution in [-0.4, -0.2) is 49.7 Å². The Kier molecular flexibility index (Phi) is 5.96. The number of carbonyl (C=O) groups is 2. The molecule has 2 amide bonds. The minimum atomic E-state index is -0.519. The topological polar surface area (TPSA) is 61.9 Å². The average molecular weight is 367 g/mol. The Morgan fingerprint density at radius 3 is 2.48 bits per heavy atom. The fourth-order valence-electron chi connectivity index (χ4n) is 3.27. The molecule has 6 heteroatoms. The van der Waals surface area contributed by atoms with Crippen molar-refractivity contribution in [3.63, 3.8) is 0 Å². The smallest absolute Gasteiger partial charge is 0.411 e. The summed E-state index contributed by atoms with van der Waals surface area (Å²) in [5, 5.41) is 2.64. The molecule has 0 atom stereocenters. The zero-order valence-corrected chi connectivity index (χ0v) is 15.8. The number of aryl methyl sites for hydroxylation is 1. The molecule has 0 saturated carbocycles. The van der Waals surface area contributed by atoms with E-state index in [0.29, 0.717) is 30.9 Å². The van der Waals surface area contributed by atoms with Gasteiger partial charge in [-0.1, -0.05) is 24.3 Å². The predicted octanol–water partition coefficient (Wildman–Crippen LogP) is 3.53. The number of para-hydroxylation sites is 1. The highest BCUT2D eigenvalue weighted by molar-refractivity contribution is 5.96. The number of rotatable bonds is 4. The molecule has 2 aromatic rings. The molecule has 0 unspecified atom stereocenters. The van der Waals surface area contributed by atoms with Crippen molar-refractivity contribution in [2.24, 2.45) is 0 Å². The minimum Gasteiger partial charge on any atom is -0.450 e. The fraction of sp³-hybridized carbons (Fsp3) is 0.333. The van der Waals surface area contributed by atoms with E-state index in [2.05, 4.69) is 29.3 Å². The van der Waals surface area contributed by atoms with Crippen LogP contribution in [0.15, 0.2) is 48.5 Å². The third kappa shape index (κ3) is 4.58. The molecule has 0 bridgehead atoms. The van der Waals surface area contributed by atoms with Crippen LogP contribution in [0.25, 0.3) is 0 Å². The summed E-state index contributed by atoms with van der Waals surface area (Å²) in [7, 11) is 0. The molecular weight excluding hydrogens is 342 g/mol. The number of piperazine rings is 1. The first-order chi connectivity index (χ1) is 13.1. The van der Waals surface area contributed by atoms with E-state index in [0.717, 1.165) is 13.1 Å². The highest BCUT2D eigenvalue weighted by Crippen LogP contribution is 2.21. The maximum atomic E-state index is 12.8. The summed E-state index contributed by atoms with van der Waals surface area (Å²) < 4.78 is 4.88. The summed E-state index contributed by atoms with van der Waals surface area (Å²) in [6.07, 6.45) is -0.519. The molecule has 27 heavy (non-hydrogen) atoms. The minimum absolute atomic E-state index is 0.0213. The van der Waals surface area contributed by atoms with E-state index in [4.69, 9.17) is 4.74 Å². The molecule has 0 spiro atoms. The Balaban J connectivity index is 1.62. The predicted molar refractivity (Wildman–Crippen MR) is 106 cm³/mol. The second-order valence-corrected chi connectivity index (χ2v) is 6.49. The van der Waals surface area contributed by atoms with Crippen LogP contribution in [-0.2, 0) is 4.74 Å². The summed E-state index contributed by atoms with van der Waals surface area (Å²) in [5.41, 5.74) is 3.59. The zero-order valence-electron chi connectivity index (χ0n) is 15.8. The molecule has 1 heterocycles. The maximum absolute atomic E-state index is 12.8. The molecule has 1 fully saturated rings. The Labute approximate surface area is 159 Å². The molecule has 0 radical (unpaired) electrons. The van der Waals surface area contributed by atoms with E-state index in [1.807, 2.05) is 17.0 Å². The van der Waals surface area contributed by atoms with E-state index in [1.54, 1.807) is 31.2 Å². The number of hydrogen-bond acceptors (Lipinski definition) is 4. The number of hydrogen-bond donors (Lipinski definition) is 1. The van der Waals surface area contributed by atoms with Crippen LogP contribution in [0.5, 0.6) is 0 Å². The van der Waals surface area contributed by atoms with Crippen LogP contribution in [0.1, 0.15) is 22.8 Å². The van der Waals surface area contributed by atoms with Gasteiger partial charge in [-0.15, -0.1) is 0 Å². The van der Waals surface area contributed by atoms with Gasteiger partial charge < -0.3 is 14.5 Å². The zero-order chi connectivity index (χ0) is 19.2. The Morgan fingerprint density at radius 1 is 1.04 bits per heavy atom. The van der Waals surface area contributed by atoms with Gasteiger partial charge >= 0.3 is 6.09 Å². The van der Waals surface area contributed by atoms with Crippen molar-refractivity contribution in [2.75, 3.05) is 43.0 Å². The highest BCUT2D eigenvalue weighted by atomic mass is 16.5. The van der Waals surface area contributed by atoms with Gasteiger partial charge in [0, 0.05) is 43.1 Å². The molecule has 3 rings (SSSR count). The molecule has 142 valence electrons. The SMILES string of the molecule is CCOC(=O)Nc1cccc(C(=O)N2CCN(c3ccccc3C)CC2)c1. The second kappa shape index (κ2) is 8.58. The lowest BCUT2D eigenvalue weighted by molar-refractivity contribution is 0.0746. The van der Waals surface area contributed by atoms with Gasteiger partial charge in [0.05, 0.1) is 6.61 Å². The third-order valence-corrected chi connectivity index (χ3v) is 4.65. The summed E-state index contributed by atoms with van der Waals surface area (Å²) in [6.45, 7) is 7.10. The molecule has 1 aliphatic heterocycles. The van der Waals surface area contributed by atoms with Gasteiger partial charge in [0.15, 0.2) is 0 Å². The van der Waals surface area contributed by atoms with Crippen LogP contribution in [0.4, 0.5) is 16.2 Å². The summed E-state index contributed by atoms with van der Waals surface area (Å²) in [5.74, 6) is -0.0213. The van der Waals surface area contributed by atoms with E-state index in [-0.39, 0.29) is 5.91 Å². The van der Waals surface area contributed by atoms with Crippen LogP contribution >= 0.6 is 0 Å². The normalized spacial score (nSPS) is 14.0. The lowest BCUT2D eigenvalue weighted by Crippen LogP contribution is -2.49. The van der Waals surface area contributed by atoms with Gasteiger partial charge in [0.2, 0.25) is 0 Å². The first-order valence-corrected chi connectivity index (χ1v) is 9.22. The van der Waals surface area contributed by atoms with Crippen LogP contribution in [0, 0.1) is 6.92 Å². The van der Waals surface area contributed by atoms with Crippen molar-refractivity contribution in [1.29, 1.82) is 0 Å². The van der Waals surface area contributed by atoms with Crippen molar-refractivity contribution in [2.45, 2.75) is 13.8 Å². The van der Waals surface area contributed by atoms with E-state index < -0.39 is 6.09 Å². The second-order valence-electron chi connectivity index (χ2n) is 6.49. The standard InChI is InChI=1S/C21H25N3O3/c1-3-27-21(26)22-18-9-6-8-17(15-18)20(25)24-13-11-23(12-14-24)19-10-5-4-7-16(19)2/h4-10,15H,3,11-14H2,1-2H3,(H,22,26).